The molecule has 0 aliphatic carbocycles. The van der Waals surface area contributed by atoms with Crippen molar-refractivity contribution in [3.05, 3.63) is 58.5 Å². The molecule has 1 N–H and O–H groups in total. The third-order valence-electron chi connectivity index (χ3n) is 3.08. The van der Waals surface area contributed by atoms with Crippen LogP contribution in [0.3, 0.4) is 0 Å². The number of hydrogen-bond acceptors (Lipinski definition) is 2. The lowest BCUT2D eigenvalue weighted by Crippen LogP contribution is -2.28. The number of carbonyl (C=O) groups is 1. The normalized spacial score (nSPS) is 12.2. The van der Waals surface area contributed by atoms with E-state index in [0.717, 1.165) is 23.5 Å². The van der Waals surface area contributed by atoms with E-state index in [9.17, 15) is 13.6 Å². The molecule has 0 spiro atoms. The first-order valence-corrected chi connectivity index (χ1v) is 6.22. The van der Waals surface area contributed by atoms with Gasteiger partial charge in [0.25, 0.3) is 5.91 Å². The van der Waals surface area contributed by atoms with E-state index in [1.54, 1.807) is 26.8 Å². The Morgan fingerprint density at radius 1 is 1.25 bits per heavy atom. The average Bonchev–Trinajstić information content (AvgIpc) is 2.68. The number of aryl methyl sites for hydroxylation is 2. The molecule has 1 amide bonds. The molecule has 1 heterocycles. The lowest BCUT2D eigenvalue weighted by molar-refractivity contribution is 0.0931. The summed E-state index contributed by atoms with van der Waals surface area (Å²) in [5.41, 5.74) is 0.213. The van der Waals surface area contributed by atoms with E-state index in [1.807, 2.05) is 0 Å². The zero-order chi connectivity index (χ0) is 14.9. The minimum absolute atomic E-state index is 0.404. The van der Waals surface area contributed by atoms with Gasteiger partial charge in [0.05, 0.1) is 6.04 Å². The van der Waals surface area contributed by atoms with Crippen molar-refractivity contribution in [2.45, 2.75) is 26.8 Å². The van der Waals surface area contributed by atoms with Gasteiger partial charge in [0.15, 0.2) is 0 Å². The van der Waals surface area contributed by atoms with E-state index in [2.05, 4.69) is 5.32 Å². The lowest BCUT2D eigenvalue weighted by Gasteiger charge is -2.14. The van der Waals surface area contributed by atoms with Gasteiger partial charge in [-0.15, -0.1) is 0 Å². The van der Waals surface area contributed by atoms with Crippen molar-refractivity contribution in [2.75, 3.05) is 0 Å². The average molecular weight is 279 g/mol. The highest BCUT2D eigenvalue weighted by molar-refractivity contribution is 5.95. The number of hydrogen-bond donors (Lipinski definition) is 1. The molecule has 0 radical (unpaired) electrons. The Labute approximate surface area is 115 Å². The van der Waals surface area contributed by atoms with Gasteiger partial charge >= 0.3 is 0 Å². The molecule has 5 heteroatoms. The topological polar surface area (TPSA) is 42.2 Å². The molecule has 1 atom stereocenters. The quantitative estimate of drug-likeness (QED) is 0.931. The van der Waals surface area contributed by atoms with Gasteiger partial charge in [-0.3, -0.25) is 4.79 Å². The monoisotopic (exact) mass is 279 g/mol. The maximum Gasteiger partial charge on any atom is 0.257 e. The number of furan rings is 1. The molecule has 0 saturated heterocycles. The summed E-state index contributed by atoms with van der Waals surface area (Å²) < 4.78 is 32.4. The third kappa shape index (κ3) is 2.71. The smallest absolute Gasteiger partial charge is 0.257 e. The molecular formula is C15H15F2NO2. The molecule has 0 aliphatic heterocycles. The summed E-state index contributed by atoms with van der Waals surface area (Å²) in [5.74, 6) is -1.16. The van der Waals surface area contributed by atoms with Crippen molar-refractivity contribution in [2.24, 2.45) is 0 Å². The van der Waals surface area contributed by atoms with E-state index in [1.165, 1.54) is 6.07 Å². The zero-order valence-corrected chi connectivity index (χ0v) is 11.5. The van der Waals surface area contributed by atoms with Crippen LogP contribution in [0.4, 0.5) is 8.78 Å². The summed E-state index contributed by atoms with van der Waals surface area (Å²) in [5, 5.41) is 2.57. The van der Waals surface area contributed by atoms with Crippen LogP contribution in [0.5, 0.6) is 0 Å². The molecule has 1 aromatic carbocycles. The van der Waals surface area contributed by atoms with E-state index < -0.39 is 29.1 Å². The molecule has 0 bridgehead atoms. The molecule has 0 fully saturated rings. The maximum atomic E-state index is 13.5. The van der Waals surface area contributed by atoms with Crippen molar-refractivity contribution in [3.63, 3.8) is 0 Å². The van der Waals surface area contributed by atoms with Crippen molar-refractivity contribution < 1.29 is 18.0 Å². The van der Waals surface area contributed by atoms with Crippen molar-refractivity contribution in [1.82, 2.24) is 5.32 Å². The minimum atomic E-state index is -0.880. The maximum absolute atomic E-state index is 13.5. The van der Waals surface area contributed by atoms with Crippen LogP contribution in [0, 0.1) is 25.5 Å². The van der Waals surface area contributed by atoms with Crippen LogP contribution in [-0.4, -0.2) is 5.91 Å². The van der Waals surface area contributed by atoms with Crippen molar-refractivity contribution >= 4 is 5.91 Å². The number of amides is 1. The summed E-state index contributed by atoms with van der Waals surface area (Å²) in [6.45, 7) is 5.30. The molecule has 20 heavy (non-hydrogen) atoms. The Bertz CT molecular complexity index is 629. The summed E-state index contributed by atoms with van der Waals surface area (Å²) in [6, 6.07) is 4.71. The van der Waals surface area contributed by atoms with E-state index in [-0.39, 0.29) is 0 Å². The standard InChI is InChI=1S/C15H15F2NO2/c1-8-7-11(10(3)20-8)9(2)18-15(19)14-12(16)5-4-6-13(14)17/h4-7,9H,1-3H3,(H,18,19)/t9-/m1/s1. The van der Waals surface area contributed by atoms with Gasteiger partial charge in [0.2, 0.25) is 0 Å². The lowest BCUT2D eigenvalue weighted by atomic mass is 10.1. The SMILES string of the molecule is Cc1cc([C@@H](C)NC(=O)c2c(F)cccc2F)c(C)o1. The van der Waals surface area contributed by atoms with Gasteiger partial charge < -0.3 is 9.73 Å². The Balaban J connectivity index is 2.22. The second kappa shape index (κ2) is 5.45. The summed E-state index contributed by atoms with van der Waals surface area (Å²) in [6.07, 6.45) is 0. The van der Waals surface area contributed by atoms with Crippen LogP contribution in [-0.2, 0) is 0 Å². The largest absolute Gasteiger partial charge is 0.466 e. The van der Waals surface area contributed by atoms with Gasteiger partial charge in [0.1, 0.15) is 28.7 Å². The molecule has 1 aromatic heterocycles. The van der Waals surface area contributed by atoms with E-state index >= 15 is 0 Å². The van der Waals surface area contributed by atoms with Crippen LogP contribution < -0.4 is 5.32 Å². The van der Waals surface area contributed by atoms with Crippen LogP contribution in [0.15, 0.2) is 28.7 Å². The zero-order valence-electron chi connectivity index (χ0n) is 11.5. The Hall–Kier alpha value is -2.17. The molecule has 0 aliphatic rings. The van der Waals surface area contributed by atoms with E-state index in [4.69, 9.17) is 4.42 Å². The van der Waals surface area contributed by atoms with Crippen LogP contribution in [0.2, 0.25) is 0 Å². The predicted octanol–water partition coefficient (Wildman–Crippen LogP) is 3.67. The molecule has 2 aromatic rings. The first-order valence-electron chi connectivity index (χ1n) is 6.22. The highest BCUT2D eigenvalue weighted by atomic mass is 19.1. The number of rotatable bonds is 3. The Kier molecular flexibility index (Phi) is 3.88. The summed E-state index contributed by atoms with van der Waals surface area (Å²) in [7, 11) is 0. The second-order valence-corrected chi connectivity index (χ2v) is 4.66. The van der Waals surface area contributed by atoms with Crippen LogP contribution in [0.1, 0.15) is 40.4 Å². The first-order chi connectivity index (χ1) is 9.40. The fourth-order valence-corrected chi connectivity index (χ4v) is 2.14. The molecule has 0 saturated carbocycles. The molecule has 2 rings (SSSR count). The molecular weight excluding hydrogens is 264 g/mol. The van der Waals surface area contributed by atoms with Gasteiger partial charge in [-0.1, -0.05) is 6.07 Å². The first kappa shape index (κ1) is 14.2. The van der Waals surface area contributed by atoms with Crippen LogP contribution >= 0.6 is 0 Å². The van der Waals surface area contributed by atoms with Gasteiger partial charge in [-0.2, -0.15) is 0 Å². The fourth-order valence-electron chi connectivity index (χ4n) is 2.14. The fraction of sp³-hybridized carbons (Fsp3) is 0.267. The number of carbonyl (C=O) groups excluding carboxylic acids is 1. The van der Waals surface area contributed by atoms with Crippen LogP contribution in [0.25, 0.3) is 0 Å². The Morgan fingerprint density at radius 3 is 2.35 bits per heavy atom. The number of halogens is 2. The third-order valence-corrected chi connectivity index (χ3v) is 3.08. The van der Waals surface area contributed by atoms with Crippen molar-refractivity contribution in [1.29, 1.82) is 0 Å². The highest BCUT2D eigenvalue weighted by Gasteiger charge is 2.21. The highest BCUT2D eigenvalue weighted by Crippen LogP contribution is 2.22. The minimum Gasteiger partial charge on any atom is -0.466 e. The number of benzene rings is 1. The molecule has 106 valence electrons. The molecule has 0 unspecified atom stereocenters. The Morgan fingerprint density at radius 2 is 1.85 bits per heavy atom. The van der Waals surface area contributed by atoms with Crippen molar-refractivity contribution in [3.8, 4) is 0 Å². The predicted molar refractivity (Wildman–Crippen MR) is 70.4 cm³/mol. The summed E-state index contributed by atoms with van der Waals surface area (Å²) >= 11 is 0. The van der Waals surface area contributed by atoms with Gasteiger partial charge in [0, 0.05) is 5.56 Å². The van der Waals surface area contributed by atoms with E-state index in [0.29, 0.717) is 5.76 Å². The summed E-state index contributed by atoms with van der Waals surface area (Å²) in [4.78, 5) is 12.0. The van der Waals surface area contributed by atoms with Gasteiger partial charge in [-0.05, 0) is 39.0 Å². The number of nitrogens with one attached hydrogen (secondary N) is 1. The second-order valence-electron chi connectivity index (χ2n) is 4.66. The van der Waals surface area contributed by atoms with Gasteiger partial charge in [-0.25, -0.2) is 8.78 Å². The molecule has 3 nitrogen and oxygen atoms in total.